The molecule has 0 bridgehead atoms. The minimum Gasteiger partial charge on any atom is -0.382 e. The number of ketones is 1. The zero-order chi connectivity index (χ0) is 18.8. The predicted octanol–water partition coefficient (Wildman–Crippen LogP) is 3.31. The van der Waals surface area contributed by atoms with Gasteiger partial charge >= 0.3 is 0 Å². The highest BCUT2D eigenvalue weighted by molar-refractivity contribution is 8.01. The van der Waals surface area contributed by atoms with E-state index in [4.69, 9.17) is 4.74 Å². The van der Waals surface area contributed by atoms with Gasteiger partial charge in [-0.15, -0.1) is 10.2 Å². The van der Waals surface area contributed by atoms with Crippen LogP contribution in [-0.4, -0.2) is 47.4 Å². The molecule has 140 valence electrons. The van der Waals surface area contributed by atoms with Crippen LogP contribution in [-0.2, 0) is 9.53 Å². The van der Waals surface area contributed by atoms with E-state index < -0.39 is 0 Å². The summed E-state index contributed by atoms with van der Waals surface area (Å²) < 4.78 is 5.99. The minimum atomic E-state index is -0.190. The van der Waals surface area contributed by atoms with Crippen molar-refractivity contribution < 1.29 is 14.3 Å². The van der Waals surface area contributed by atoms with E-state index in [0.29, 0.717) is 22.2 Å². The van der Waals surface area contributed by atoms with Gasteiger partial charge in [0, 0.05) is 25.3 Å². The Kier molecular flexibility index (Phi) is 8.52. The van der Waals surface area contributed by atoms with Gasteiger partial charge < -0.3 is 15.4 Å². The molecule has 0 aliphatic rings. The van der Waals surface area contributed by atoms with Crippen LogP contribution < -0.4 is 10.6 Å². The van der Waals surface area contributed by atoms with Crippen LogP contribution in [0.4, 0.5) is 10.8 Å². The number of rotatable bonds is 11. The van der Waals surface area contributed by atoms with Crippen molar-refractivity contribution in [1.29, 1.82) is 0 Å². The van der Waals surface area contributed by atoms with Crippen molar-refractivity contribution in [2.24, 2.45) is 0 Å². The van der Waals surface area contributed by atoms with Crippen molar-refractivity contribution in [2.75, 3.05) is 36.1 Å². The Hall–Kier alpha value is -1.97. The molecule has 7 nitrogen and oxygen atoms in total. The smallest absolute Gasteiger partial charge is 0.234 e. The molecule has 2 aromatic rings. The van der Waals surface area contributed by atoms with E-state index in [1.54, 1.807) is 24.3 Å². The first kappa shape index (κ1) is 20.3. The summed E-state index contributed by atoms with van der Waals surface area (Å²) in [6.07, 6.45) is 0.897. The first-order valence-corrected chi connectivity index (χ1v) is 10.1. The zero-order valence-corrected chi connectivity index (χ0v) is 16.4. The SMILES string of the molecule is CCOCCCNc1nnc(SCC(=O)Nc2ccccc2C(C)=O)s1. The van der Waals surface area contributed by atoms with Crippen LogP contribution >= 0.6 is 23.1 Å². The van der Waals surface area contributed by atoms with E-state index in [9.17, 15) is 9.59 Å². The van der Waals surface area contributed by atoms with Gasteiger partial charge in [-0.2, -0.15) is 0 Å². The molecule has 1 aromatic carbocycles. The molecule has 0 aliphatic heterocycles. The lowest BCUT2D eigenvalue weighted by Gasteiger charge is -2.08. The zero-order valence-electron chi connectivity index (χ0n) is 14.8. The fraction of sp³-hybridized carbons (Fsp3) is 0.412. The summed E-state index contributed by atoms with van der Waals surface area (Å²) >= 11 is 2.72. The standard InChI is InChI=1S/C17H22N4O3S2/c1-3-24-10-6-9-18-16-20-21-17(26-16)25-11-15(23)19-14-8-5-4-7-13(14)12(2)22/h4-5,7-8H,3,6,9-11H2,1-2H3,(H,18,20)(H,19,23). The van der Waals surface area contributed by atoms with Gasteiger partial charge in [-0.3, -0.25) is 9.59 Å². The van der Waals surface area contributed by atoms with Crippen molar-refractivity contribution in [3.8, 4) is 0 Å². The maximum atomic E-state index is 12.1. The van der Waals surface area contributed by atoms with Crippen LogP contribution in [0.25, 0.3) is 0 Å². The van der Waals surface area contributed by atoms with Gasteiger partial charge in [0.05, 0.1) is 11.4 Å². The molecule has 0 saturated carbocycles. The topological polar surface area (TPSA) is 93.2 Å². The number of anilines is 2. The lowest BCUT2D eigenvalue weighted by atomic mass is 10.1. The van der Waals surface area contributed by atoms with Crippen molar-refractivity contribution in [1.82, 2.24) is 10.2 Å². The molecule has 2 rings (SSSR count). The fourth-order valence-electron chi connectivity index (χ4n) is 2.07. The van der Waals surface area contributed by atoms with Gasteiger partial charge in [-0.25, -0.2) is 0 Å². The molecule has 1 heterocycles. The first-order valence-electron chi connectivity index (χ1n) is 8.28. The highest BCUT2D eigenvalue weighted by atomic mass is 32.2. The highest BCUT2D eigenvalue weighted by Gasteiger charge is 2.11. The number of ether oxygens (including phenoxy) is 1. The maximum Gasteiger partial charge on any atom is 0.234 e. The van der Waals surface area contributed by atoms with E-state index in [1.807, 2.05) is 6.92 Å². The molecule has 9 heteroatoms. The molecule has 0 aliphatic carbocycles. The van der Waals surface area contributed by atoms with E-state index in [0.717, 1.165) is 24.7 Å². The number of carbonyl (C=O) groups excluding carboxylic acids is 2. The van der Waals surface area contributed by atoms with Crippen LogP contribution in [0.15, 0.2) is 28.6 Å². The van der Waals surface area contributed by atoms with Crippen molar-refractivity contribution in [2.45, 2.75) is 24.6 Å². The highest BCUT2D eigenvalue weighted by Crippen LogP contribution is 2.25. The largest absolute Gasteiger partial charge is 0.382 e. The Balaban J connectivity index is 1.77. The summed E-state index contributed by atoms with van der Waals surface area (Å²) in [5.74, 6) is -0.0755. The molecule has 0 unspecified atom stereocenters. The number of nitrogens with zero attached hydrogens (tertiary/aromatic N) is 2. The van der Waals surface area contributed by atoms with E-state index in [2.05, 4.69) is 20.8 Å². The van der Waals surface area contributed by atoms with Gasteiger partial charge in [-0.1, -0.05) is 35.2 Å². The monoisotopic (exact) mass is 394 g/mol. The van der Waals surface area contributed by atoms with Gasteiger partial charge in [-0.05, 0) is 32.4 Å². The van der Waals surface area contributed by atoms with Crippen LogP contribution in [0, 0.1) is 0 Å². The Morgan fingerprint density at radius 3 is 2.85 bits per heavy atom. The Labute approximate surface area is 160 Å². The fourth-order valence-corrected chi connectivity index (χ4v) is 3.64. The molecule has 0 saturated heterocycles. The molecule has 0 spiro atoms. The van der Waals surface area contributed by atoms with Crippen LogP contribution in [0.2, 0.25) is 0 Å². The number of aromatic nitrogens is 2. The predicted molar refractivity (Wildman–Crippen MR) is 105 cm³/mol. The van der Waals surface area contributed by atoms with Crippen LogP contribution in [0.3, 0.4) is 0 Å². The van der Waals surface area contributed by atoms with E-state index >= 15 is 0 Å². The number of Topliss-reactive ketones (excluding diaryl/α,β-unsaturated/α-hetero) is 1. The second-order valence-corrected chi connectivity index (χ2v) is 7.49. The first-order chi connectivity index (χ1) is 12.6. The lowest BCUT2D eigenvalue weighted by Crippen LogP contribution is -2.16. The summed E-state index contributed by atoms with van der Waals surface area (Å²) in [5, 5.41) is 14.8. The number of benzene rings is 1. The lowest BCUT2D eigenvalue weighted by molar-refractivity contribution is -0.113. The molecule has 1 aromatic heterocycles. The summed E-state index contributed by atoms with van der Waals surface area (Å²) in [6, 6.07) is 6.96. The minimum absolute atomic E-state index is 0.0854. The third-order valence-electron chi connectivity index (χ3n) is 3.26. The number of hydrogen-bond donors (Lipinski definition) is 2. The second-order valence-electron chi connectivity index (χ2n) is 5.29. The number of thioether (sulfide) groups is 1. The Morgan fingerprint density at radius 1 is 1.27 bits per heavy atom. The summed E-state index contributed by atoms with van der Waals surface area (Å²) in [5.41, 5.74) is 1.03. The van der Waals surface area contributed by atoms with Gasteiger partial charge in [0.1, 0.15) is 0 Å². The van der Waals surface area contributed by atoms with E-state index in [1.165, 1.54) is 30.0 Å². The number of hydrogen-bond acceptors (Lipinski definition) is 8. The van der Waals surface area contributed by atoms with Crippen LogP contribution in [0.1, 0.15) is 30.6 Å². The van der Waals surface area contributed by atoms with Crippen LogP contribution in [0.5, 0.6) is 0 Å². The quantitative estimate of drug-likeness (QED) is 0.343. The number of para-hydroxylation sites is 1. The Bertz CT molecular complexity index is 736. The Morgan fingerprint density at radius 2 is 2.08 bits per heavy atom. The van der Waals surface area contributed by atoms with Crippen molar-refractivity contribution in [3.63, 3.8) is 0 Å². The number of amides is 1. The van der Waals surface area contributed by atoms with Gasteiger partial charge in [0.2, 0.25) is 11.0 Å². The summed E-state index contributed by atoms with van der Waals surface area (Å²) in [6.45, 7) is 5.65. The third kappa shape index (κ3) is 6.74. The van der Waals surface area contributed by atoms with Gasteiger partial charge in [0.25, 0.3) is 0 Å². The average Bonchev–Trinajstić information content (AvgIpc) is 3.08. The molecule has 0 radical (unpaired) electrons. The second kappa shape index (κ2) is 10.9. The molecular weight excluding hydrogens is 372 g/mol. The molecule has 0 fully saturated rings. The molecule has 1 amide bonds. The van der Waals surface area contributed by atoms with Crippen molar-refractivity contribution >= 4 is 45.6 Å². The summed E-state index contributed by atoms with van der Waals surface area (Å²) in [7, 11) is 0. The van der Waals surface area contributed by atoms with E-state index in [-0.39, 0.29) is 17.4 Å². The number of nitrogens with one attached hydrogen (secondary N) is 2. The third-order valence-corrected chi connectivity index (χ3v) is 5.27. The maximum absolute atomic E-state index is 12.1. The molecule has 26 heavy (non-hydrogen) atoms. The van der Waals surface area contributed by atoms with Gasteiger partial charge in [0.15, 0.2) is 10.1 Å². The summed E-state index contributed by atoms with van der Waals surface area (Å²) in [4.78, 5) is 23.7. The molecular formula is C17H22N4O3S2. The van der Waals surface area contributed by atoms with Crippen molar-refractivity contribution in [3.05, 3.63) is 29.8 Å². The number of carbonyl (C=O) groups is 2. The molecule has 0 atom stereocenters. The average molecular weight is 395 g/mol. The normalized spacial score (nSPS) is 10.5. The molecule has 2 N–H and O–H groups in total.